The maximum Gasteiger partial charge on any atom is 0.0705 e. The van der Waals surface area contributed by atoms with E-state index < -0.39 is 0 Å². The van der Waals surface area contributed by atoms with E-state index in [0.29, 0.717) is 0 Å². The van der Waals surface area contributed by atoms with Crippen LogP contribution in [0.15, 0.2) is 36.4 Å². The molecule has 0 spiro atoms. The molecule has 0 bridgehead atoms. The highest BCUT2D eigenvalue weighted by molar-refractivity contribution is 5.60. The largest absolute Gasteiger partial charge is 0.253 e. The van der Waals surface area contributed by atoms with Crippen molar-refractivity contribution in [2.75, 3.05) is 0 Å². The van der Waals surface area contributed by atoms with Gasteiger partial charge in [-0.25, -0.2) is 0 Å². The molecule has 2 rings (SSSR count). The fourth-order valence-electron chi connectivity index (χ4n) is 1.60. The Morgan fingerprint density at radius 1 is 0.933 bits per heavy atom. The van der Waals surface area contributed by atoms with Crippen LogP contribution < -0.4 is 0 Å². The molecule has 0 aliphatic heterocycles. The summed E-state index contributed by atoms with van der Waals surface area (Å²) < 4.78 is 0. The van der Waals surface area contributed by atoms with E-state index in [-0.39, 0.29) is 0 Å². The van der Waals surface area contributed by atoms with Gasteiger partial charge in [0.25, 0.3) is 0 Å². The van der Waals surface area contributed by atoms with Gasteiger partial charge in [0.1, 0.15) is 0 Å². The van der Waals surface area contributed by atoms with Crippen molar-refractivity contribution in [3.63, 3.8) is 0 Å². The Morgan fingerprint density at radius 2 is 1.73 bits per heavy atom. The van der Waals surface area contributed by atoms with Crippen molar-refractivity contribution in [2.24, 2.45) is 0 Å². The number of aromatic nitrogens is 1. The van der Waals surface area contributed by atoms with Gasteiger partial charge in [-0.05, 0) is 38.5 Å². The highest BCUT2D eigenvalue weighted by Gasteiger charge is 2.00. The summed E-state index contributed by atoms with van der Waals surface area (Å²) in [6.07, 6.45) is 0. The van der Waals surface area contributed by atoms with Crippen LogP contribution in [0.5, 0.6) is 0 Å². The van der Waals surface area contributed by atoms with Crippen LogP contribution >= 0.6 is 0 Å². The summed E-state index contributed by atoms with van der Waals surface area (Å²) in [5, 5.41) is 0. The second-order valence-corrected chi connectivity index (χ2v) is 3.97. The minimum Gasteiger partial charge on any atom is -0.253 e. The lowest BCUT2D eigenvalue weighted by atomic mass is 10.1. The van der Waals surface area contributed by atoms with E-state index >= 15 is 0 Å². The number of aryl methyl sites for hydroxylation is 3. The average molecular weight is 197 g/mol. The van der Waals surface area contributed by atoms with Crippen molar-refractivity contribution in [1.29, 1.82) is 0 Å². The first kappa shape index (κ1) is 9.91. The standard InChI is InChI=1S/C14H15N/c1-10-5-4-6-13(9-10)14-8-7-11(2)12(3)15-14/h4-9H,1-3H3. The maximum atomic E-state index is 4.58. The first-order valence-electron chi connectivity index (χ1n) is 5.18. The molecule has 0 saturated carbocycles. The summed E-state index contributed by atoms with van der Waals surface area (Å²) in [5.41, 5.74) is 5.87. The highest BCUT2D eigenvalue weighted by Crippen LogP contribution is 2.19. The van der Waals surface area contributed by atoms with E-state index in [0.717, 1.165) is 11.4 Å². The first-order chi connectivity index (χ1) is 7.16. The van der Waals surface area contributed by atoms with Crippen LogP contribution in [0.25, 0.3) is 11.3 Å². The van der Waals surface area contributed by atoms with Crippen LogP contribution in [-0.4, -0.2) is 4.98 Å². The lowest BCUT2D eigenvalue weighted by molar-refractivity contribution is 1.15. The molecule has 1 aromatic carbocycles. The van der Waals surface area contributed by atoms with Gasteiger partial charge in [0.05, 0.1) is 5.69 Å². The summed E-state index contributed by atoms with van der Waals surface area (Å²) in [6.45, 7) is 6.24. The Hall–Kier alpha value is -1.63. The van der Waals surface area contributed by atoms with Crippen molar-refractivity contribution in [1.82, 2.24) is 4.98 Å². The van der Waals surface area contributed by atoms with Gasteiger partial charge in [-0.1, -0.05) is 29.8 Å². The van der Waals surface area contributed by atoms with Gasteiger partial charge in [-0.3, -0.25) is 4.98 Å². The Balaban J connectivity index is 2.50. The van der Waals surface area contributed by atoms with E-state index in [1.807, 2.05) is 0 Å². The molecule has 0 aliphatic carbocycles. The van der Waals surface area contributed by atoms with Gasteiger partial charge in [-0.15, -0.1) is 0 Å². The van der Waals surface area contributed by atoms with Crippen LogP contribution in [0.2, 0.25) is 0 Å². The summed E-state index contributed by atoms with van der Waals surface area (Å²) in [6, 6.07) is 12.6. The zero-order valence-corrected chi connectivity index (χ0v) is 9.41. The number of hydrogen-bond donors (Lipinski definition) is 0. The number of hydrogen-bond acceptors (Lipinski definition) is 1. The normalized spacial score (nSPS) is 10.3. The topological polar surface area (TPSA) is 12.9 Å². The second kappa shape index (κ2) is 3.85. The Labute approximate surface area is 90.8 Å². The molecule has 0 atom stereocenters. The lowest BCUT2D eigenvalue weighted by Gasteiger charge is -2.05. The van der Waals surface area contributed by atoms with E-state index in [1.165, 1.54) is 16.7 Å². The highest BCUT2D eigenvalue weighted by atomic mass is 14.7. The van der Waals surface area contributed by atoms with Crippen LogP contribution in [0.3, 0.4) is 0 Å². The molecule has 1 heteroatoms. The third-order valence-corrected chi connectivity index (χ3v) is 2.66. The molecule has 0 saturated heterocycles. The van der Waals surface area contributed by atoms with Crippen molar-refractivity contribution >= 4 is 0 Å². The van der Waals surface area contributed by atoms with Crippen LogP contribution in [0.1, 0.15) is 16.8 Å². The monoisotopic (exact) mass is 197 g/mol. The fourth-order valence-corrected chi connectivity index (χ4v) is 1.60. The maximum absolute atomic E-state index is 4.58. The third kappa shape index (κ3) is 2.07. The molecule has 0 fully saturated rings. The minimum absolute atomic E-state index is 1.06. The molecule has 0 radical (unpaired) electrons. The Kier molecular flexibility index (Phi) is 2.55. The molecule has 0 N–H and O–H groups in total. The number of pyridine rings is 1. The molecule has 1 heterocycles. The average Bonchev–Trinajstić information content (AvgIpc) is 2.22. The molecule has 15 heavy (non-hydrogen) atoms. The van der Waals surface area contributed by atoms with Gasteiger partial charge in [0.15, 0.2) is 0 Å². The van der Waals surface area contributed by atoms with E-state index in [4.69, 9.17) is 0 Å². The number of nitrogens with zero attached hydrogens (tertiary/aromatic N) is 1. The Bertz CT molecular complexity index is 486. The van der Waals surface area contributed by atoms with E-state index in [1.54, 1.807) is 0 Å². The molecular formula is C14H15N. The molecule has 1 nitrogen and oxygen atoms in total. The van der Waals surface area contributed by atoms with Crippen molar-refractivity contribution < 1.29 is 0 Å². The SMILES string of the molecule is Cc1cccc(-c2ccc(C)c(C)n2)c1. The predicted octanol–water partition coefficient (Wildman–Crippen LogP) is 3.67. The molecular weight excluding hydrogens is 182 g/mol. The summed E-state index contributed by atoms with van der Waals surface area (Å²) in [5.74, 6) is 0. The van der Waals surface area contributed by atoms with Crippen molar-refractivity contribution in [2.45, 2.75) is 20.8 Å². The second-order valence-electron chi connectivity index (χ2n) is 3.97. The minimum atomic E-state index is 1.06. The third-order valence-electron chi connectivity index (χ3n) is 2.66. The zero-order chi connectivity index (χ0) is 10.8. The summed E-state index contributed by atoms with van der Waals surface area (Å²) in [7, 11) is 0. The van der Waals surface area contributed by atoms with Crippen LogP contribution in [0.4, 0.5) is 0 Å². The van der Waals surface area contributed by atoms with Gasteiger partial charge in [0, 0.05) is 11.3 Å². The summed E-state index contributed by atoms with van der Waals surface area (Å²) >= 11 is 0. The van der Waals surface area contributed by atoms with Crippen molar-refractivity contribution in [3.8, 4) is 11.3 Å². The lowest BCUT2D eigenvalue weighted by Crippen LogP contribution is -1.90. The molecule has 76 valence electrons. The molecule has 1 aromatic heterocycles. The fraction of sp³-hybridized carbons (Fsp3) is 0.214. The van der Waals surface area contributed by atoms with E-state index in [9.17, 15) is 0 Å². The first-order valence-corrected chi connectivity index (χ1v) is 5.18. The zero-order valence-electron chi connectivity index (χ0n) is 9.41. The molecule has 0 aliphatic rings. The molecule has 0 unspecified atom stereocenters. The molecule has 0 amide bonds. The van der Waals surface area contributed by atoms with Gasteiger partial charge < -0.3 is 0 Å². The van der Waals surface area contributed by atoms with E-state index in [2.05, 4.69) is 62.2 Å². The predicted molar refractivity (Wildman–Crippen MR) is 63.9 cm³/mol. The quantitative estimate of drug-likeness (QED) is 0.679. The molecule has 2 aromatic rings. The smallest absolute Gasteiger partial charge is 0.0705 e. The number of rotatable bonds is 1. The van der Waals surface area contributed by atoms with Crippen LogP contribution in [0, 0.1) is 20.8 Å². The van der Waals surface area contributed by atoms with Gasteiger partial charge in [0.2, 0.25) is 0 Å². The van der Waals surface area contributed by atoms with Crippen molar-refractivity contribution in [3.05, 3.63) is 53.2 Å². The van der Waals surface area contributed by atoms with Crippen LogP contribution in [-0.2, 0) is 0 Å². The Morgan fingerprint density at radius 3 is 2.40 bits per heavy atom. The van der Waals surface area contributed by atoms with Gasteiger partial charge in [-0.2, -0.15) is 0 Å². The van der Waals surface area contributed by atoms with Gasteiger partial charge >= 0.3 is 0 Å². The summed E-state index contributed by atoms with van der Waals surface area (Å²) in [4.78, 5) is 4.58. The number of benzene rings is 1.